The lowest BCUT2D eigenvalue weighted by atomic mass is 9.99. The van der Waals surface area contributed by atoms with Gasteiger partial charge in [0, 0.05) is 0 Å². The highest BCUT2D eigenvalue weighted by Gasteiger charge is 2.19. The van der Waals surface area contributed by atoms with Crippen LogP contribution in [-0.4, -0.2) is 35.3 Å². The molecule has 0 aliphatic heterocycles. The second kappa shape index (κ2) is 8.88. The molecule has 3 aromatic rings. The smallest absolute Gasteiger partial charge is 0.340 e. The van der Waals surface area contributed by atoms with Crippen LogP contribution < -0.4 is 14.2 Å². The lowest BCUT2D eigenvalue weighted by Crippen LogP contribution is -2.06. The van der Waals surface area contributed by atoms with Crippen LogP contribution in [0.4, 0.5) is 0 Å². The third-order valence-corrected chi connectivity index (χ3v) is 4.16. The van der Waals surface area contributed by atoms with Crippen molar-refractivity contribution >= 4 is 18.1 Å². The van der Waals surface area contributed by atoms with Crippen LogP contribution in [0.2, 0.25) is 0 Å². The minimum atomic E-state index is -1.12. The number of ether oxygens (including phenoxy) is 3. The first-order valence-corrected chi connectivity index (χ1v) is 8.76. The molecule has 0 aliphatic carbocycles. The van der Waals surface area contributed by atoms with Crippen molar-refractivity contribution in [3.05, 3.63) is 70.8 Å². The van der Waals surface area contributed by atoms with E-state index in [1.54, 1.807) is 18.2 Å². The summed E-state index contributed by atoms with van der Waals surface area (Å²) in [6, 6.07) is 14.4. The van der Waals surface area contributed by atoms with Crippen LogP contribution in [0, 0.1) is 6.92 Å². The standard InChI is InChI=1S/C22H20N2O5/c1-14-9-12-17(29-22-23-18(27-2)13-19(24-22)28-3)20(21(25)26)16(14)11-10-15-7-5-4-6-8-15/h4-13H,1-3H3,(H,25,26). The number of aromatic carboxylic acids is 1. The SMILES string of the molecule is COc1cc(OC)nc(Oc2ccc(C)c(C=Cc3ccccc3)c2C(=O)O)n1. The summed E-state index contributed by atoms with van der Waals surface area (Å²) in [5.74, 6) is -0.530. The molecule has 0 atom stereocenters. The van der Waals surface area contributed by atoms with Gasteiger partial charge in [-0.1, -0.05) is 48.6 Å². The Morgan fingerprint density at radius 1 is 0.966 bits per heavy atom. The van der Waals surface area contributed by atoms with Crippen molar-refractivity contribution in [1.29, 1.82) is 0 Å². The van der Waals surface area contributed by atoms with E-state index >= 15 is 0 Å². The van der Waals surface area contributed by atoms with E-state index in [1.807, 2.05) is 43.3 Å². The fraction of sp³-hybridized carbons (Fsp3) is 0.136. The molecular formula is C22H20N2O5. The largest absolute Gasteiger partial charge is 0.481 e. The van der Waals surface area contributed by atoms with Gasteiger partial charge in [-0.25, -0.2) is 4.79 Å². The van der Waals surface area contributed by atoms with Crippen LogP contribution in [-0.2, 0) is 0 Å². The topological polar surface area (TPSA) is 90.8 Å². The third kappa shape index (κ3) is 4.70. The first-order valence-electron chi connectivity index (χ1n) is 8.76. The van der Waals surface area contributed by atoms with Gasteiger partial charge in [-0.2, -0.15) is 9.97 Å². The van der Waals surface area contributed by atoms with Gasteiger partial charge in [-0.05, 0) is 29.7 Å². The number of aromatic nitrogens is 2. The van der Waals surface area contributed by atoms with Crippen LogP contribution in [0.3, 0.4) is 0 Å². The van der Waals surface area contributed by atoms with Crippen LogP contribution in [0.15, 0.2) is 48.5 Å². The van der Waals surface area contributed by atoms with Gasteiger partial charge in [0.05, 0.1) is 20.3 Å². The average Bonchev–Trinajstić information content (AvgIpc) is 2.74. The summed E-state index contributed by atoms with van der Waals surface area (Å²) in [6.07, 6.45) is 3.61. The third-order valence-electron chi connectivity index (χ3n) is 4.16. The summed E-state index contributed by atoms with van der Waals surface area (Å²) in [5, 5.41) is 9.84. The number of aryl methyl sites for hydroxylation is 1. The van der Waals surface area contributed by atoms with Gasteiger partial charge in [0.15, 0.2) is 0 Å². The zero-order valence-corrected chi connectivity index (χ0v) is 16.2. The van der Waals surface area contributed by atoms with Crippen molar-refractivity contribution in [3.8, 4) is 23.5 Å². The Labute approximate surface area is 168 Å². The number of hydrogen-bond acceptors (Lipinski definition) is 6. The molecule has 0 saturated heterocycles. The highest BCUT2D eigenvalue weighted by molar-refractivity contribution is 5.97. The number of methoxy groups -OCH3 is 2. The van der Waals surface area contributed by atoms with E-state index in [4.69, 9.17) is 14.2 Å². The molecular weight excluding hydrogens is 372 g/mol. The van der Waals surface area contributed by atoms with Gasteiger partial charge in [0.25, 0.3) is 0 Å². The number of carbonyl (C=O) groups is 1. The Kier molecular flexibility index (Phi) is 6.09. The van der Waals surface area contributed by atoms with Gasteiger partial charge in [0.2, 0.25) is 11.8 Å². The molecule has 1 aromatic heterocycles. The molecule has 0 fully saturated rings. The van der Waals surface area contributed by atoms with Crippen molar-refractivity contribution in [2.75, 3.05) is 14.2 Å². The van der Waals surface area contributed by atoms with E-state index in [9.17, 15) is 9.90 Å². The van der Waals surface area contributed by atoms with E-state index in [0.717, 1.165) is 11.1 Å². The molecule has 0 unspecified atom stereocenters. The summed E-state index contributed by atoms with van der Waals surface area (Å²) >= 11 is 0. The molecule has 0 radical (unpaired) electrons. The first-order chi connectivity index (χ1) is 14.0. The predicted molar refractivity (Wildman–Crippen MR) is 109 cm³/mol. The number of carboxylic acid groups (broad SMARTS) is 1. The first kappa shape index (κ1) is 19.9. The van der Waals surface area contributed by atoms with Gasteiger partial charge in [-0.3, -0.25) is 0 Å². The molecule has 1 heterocycles. The number of carboxylic acids is 1. The van der Waals surface area contributed by atoms with Gasteiger partial charge < -0.3 is 19.3 Å². The summed E-state index contributed by atoms with van der Waals surface area (Å²) < 4.78 is 15.9. The quantitative estimate of drug-likeness (QED) is 0.594. The second-order valence-electron chi connectivity index (χ2n) is 6.06. The molecule has 3 rings (SSSR count). The van der Waals surface area contributed by atoms with Crippen LogP contribution in [0.1, 0.15) is 27.0 Å². The second-order valence-corrected chi connectivity index (χ2v) is 6.06. The fourth-order valence-corrected chi connectivity index (χ4v) is 2.70. The van der Waals surface area contributed by atoms with E-state index in [0.29, 0.717) is 5.56 Å². The molecule has 7 heteroatoms. The Hall–Kier alpha value is -3.87. The van der Waals surface area contributed by atoms with Crippen molar-refractivity contribution in [2.24, 2.45) is 0 Å². The summed E-state index contributed by atoms with van der Waals surface area (Å²) in [7, 11) is 2.90. The fourth-order valence-electron chi connectivity index (χ4n) is 2.70. The Balaban J connectivity index is 2.04. The minimum absolute atomic E-state index is 0.0163. The molecule has 148 valence electrons. The highest BCUT2D eigenvalue weighted by Crippen LogP contribution is 2.31. The predicted octanol–water partition coefficient (Wildman–Crippen LogP) is 4.46. The maximum Gasteiger partial charge on any atom is 0.340 e. The van der Waals surface area contributed by atoms with Crippen molar-refractivity contribution in [2.45, 2.75) is 6.92 Å². The zero-order chi connectivity index (χ0) is 20.8. The van der Waals surface area contributed by atoms with E-state index in [2.05, 4.69) is 9.97 Å². The van der Waals surface area contributed by atoms with Gasteiger partial charge in [-0.15, -0.1) is 0 Å². The van der Waals surface area contributed by atoms with Crippen molar-refractivity contribution in [3.63, 3.8) is 0 Å². The number of hydrogen-bond donors (Lipinski definition) is 1. The highest BCUT2D eigenvalue weighted by atomic mass is 16.5. The normalized spacial score (nSPS) is 10.7. The average molecular weight is 392 g/mol. The summed E-state index contributed by atoms with van der Waals surface area (Å²) in [4.78, 5) is 20.2. The Morgan fingerprint density at radius 2 is 1.62 bits per heavy atom. The lowest BCUT2D eigenvalue weighted by molar-refractivity contribution is 0.0693. The maximum absolute atomic E-state index is 12.0. The van der Waals surface area contributed by atoms with Crippen molar-refractivity contribution < 1.29 is 24.1 Å². The Bertz CT molecular complexity index is 1030. The summed E-state index contributed by atoms with van der Waals surface area (Å²) in [5.41, 5.74) is 2.30. The molecule has 0 spiro atoms. The summed E-state index contributed by atoms with van der Waals surface area (Å²) in [6.45, 7) is 1.84. The minimum Gasteiger partial charge on any atom is -0.481 e. The van der Waals surface area contributed by atoms with Crippen LogP contribution in [0.5, 0.6) is 23.5 Å². The number of benzene rings is 2. The van der Waals surface area contributed by atoms with E-state index < -0.39 is 5.97 Å². The van der Waals surface area contributed by atoms with Crippen LogP contribution >= 0.6 is 0 Å². The molecule has 0 amide bonds. The molecule has 29 heavy (non-hydrogen) atoms. The molecule has 0 aliphatic rings. The molecule has 7 nitrogen and oxygen atoms in total. The van der Waals surface area contributed by atoms with Crippen molar-refractivity contribution in [1.82, 2.24) is 9.97 Å². The number of nitrogens with zero attached hydrogens (tertiary/aromatic N) is 2. The molecule has 0 saturated carbocycles. The monoisotopic (exact) mass is 392 g/mol. The lowest BCUT2D eigenvalue weighted by Gasteiger charge is -2.13. The zero-order valence-electron chi connectivity index (χ0n) is 16.2. The van der Waals surface area contributed by atoms with Crippen LogP contribution in [0.25, 0.3) is 12.2 Å². The maximum atomic E-state index is 12.0. The van der Waals surface area contributed by atoms with Gasteiger partial charge >= 0.3 is 12.0 Å². The number of rotatable bonds is 7. The van der Waals surface area contributed by atoms with Gasteiger partial charge in [0.1, 0.15) is 11.3 Å². The Morgan fingerprint density at radius 3 is 2.21 bits per heavy atom. The molecule has 1 N–H and O–H groups in total. The van der Waals surface area contributed by atoms with E-state index in [1.165, 1.54) is 20.3 Å². The van der Waals surface area contributed by atoms with E-state index in [-0.39, 0.29) is 29.1 Å². The molecule has 0 bridgehead atoms. The molecule has 2 aromatic carbocycles.